The lowest BCUT2D eigenvalue weighted by atomic mass is 10.0. The molecule has 0 unspecified atom stereocenters. The first-order chi connectivity index (χ1) is 37.9. The molecule has 8 nitrogen and oxygen atoms in total. The van der Waals surface area contributed by atoms with Gasteiger partial charge in [0.1, 0.15) is 0 Å². The fourth-order valence-electron chi connectivity index (χ4n) is 8.97. The van der Waals surface area contributed by atoms with E-state index < -0.39 is 60.4 Å². The summed E-state index contributed by atoms with van der Waals surface area (Å²) >= 11 is 0. The van der Waals surface area contributed by atoms with E-state index >= 15 is 0 Å². The first-order valence-electron chi connectivity index (χ1n) is 26.8. The van der Waals surface area contributed by atoms with Crippen LogP contribution >= 0.6 is 0 Å². The monoisotopic (exact) mass is 880 g/mol. The van der Waals surface area contributed by atoms with Gasteiger partial charge in [-0.05, 0) is 53.6 Å². The molecule has 0 saturated carbocycles. The predicted octanol–water partition coefficient (Wildman–Crippen LogP) is 14.3. The average molecular weight is 881 g/mol. The molecule has 13 rings (SSSR count). The topological polar surface area (TPSA) is 87.2 Å². The lowest BCUT2D eigenvalue weighted by Crippen LogP contribution is -2.07. The van der Waals surface area contributed by atoms with Crippen LogP contribution in [0.1, 0.15) is 13.7 Å². The van der Waals surface area contributed by atoms with Gasteiger partial charge in [-0.15, -0.1) is 0 Å². The van der Waals surface area contributed by atoms with Crippen molar-refractivity contribution in [3.63, 3.8) is 0 Å². The van der Waals surface area contributed by atoms with E-state index in [1.807, 2.05) is 97.1 Å². The Balaban J connectivity index is 1.04. The second-order valence-electron chi connectivity index (χ2n) is 16.0. The quantitative estimate of drug-likeness (QED) is 0.151. The van der Waals surface area contributed by atoms with Crippen molar-refractivity contribution in [3.8, 4) is 79.7 Å². The van der Waals surface area contributed by atoms with E-state index in [0.29, 0.717) is 23.2 Å². The molecule has 0 radical (unpaired) electrons. The highest BCUT2D eigenvalue weighted by atomic mass is 15.2. The molecule has 9 aromatic carbocycles. The molecule has 0 spiro atoms. The number of benzene rings is 9. The number of para-hydroxylation sites is 2. The number of aromatic nitrogens is 8. The molecule has 0 aliphatic carbocycles. The van der Waals surface area contributed by atoms with Gasteiger partial charge in [0.25, 0.3) is 0 Å². The maximum absolute atomic E-state index is 8.80. The zero-order valence-electron chi connectivity index (χ0n) is 45.7. The van der Waals surface area contributed by atoms with E-state index in [4.69, 9.17) is 28.7 Å². The van der Waals surface area contributed by atoms with Gasteiger partial charge >= 0.3 is 0 Å². The second kappa shape index (κ2) is 16.2. The summed E-state index contributed by atoms with van der Waals surface area (Å²) < 4.78 is 89.6. The maximum atomic E-state index is 8.80. The third-order valence-electron chi connectivity index (χ3n) is 12.0. The Kier molecular flexibility index (Phi) is 7.15. The third kappa shape index (κ3) is 6.70. The number of fused-ring (bicyclic) bond motifs is 7. The van der Waals surface area contributed by atoms with Crippen molar-refractivity contribution in [3.05, 3.63) is 230 Å². The SMILES string of the molecule is [2H]c1c([2H])c([2H])c(-c2nc(-c3ccc(-n4c5ccccc5c5ccc6c7ccccc7n(-c7nc(-c8ccccc8)nc(-c8cccc(-c9ccccc9)c8)n7)c6c54)cc3)nc(-c3c([2H])c([2H])c([2H])c([2H])c3[2H])n2)c([2H])c1[2H]. The van der Waals surface area contributed by atoms with Crippen molar-refractivity contribution < 1.29 is 13.7 Å². The van der Waals surface area contributed by atoms with Gasteiger partial charge in [0.15, 0.2) is 29.1 Å². The minimum Gasteiger partial charge on any atom is -0.307 e. The van der Waals surface area contributed by atoms with Crippen LogP contribution in [0.4, 0.5) is 0 Å². The molecule has 68 heavy (non-hydrogen) atoms. The number of hydrogen-bond acceptors (Lipinski definition) is 6. The van der Waals surface area contributed by atoms with Crippen LogP contribution in [0.25, 0.3) is 123 Å². The highest BCUT2D eigenvalue weighted by molar-refractivity contribution is 6.23. The van der Waals surface area contributed by atoms with E-state index in [1.54, 1.807) is 12.1 Å². The summed E-state index contributed by atoms with van der Waals surface area (Å²) in [6, 6.07) is 50.0. The maximum Gasteiger partial charge on any atom is 0.238 e. The lowest BCUT2D eigenvalue weighted by Gasteiger charge is -2.14. The summed E-state index contributed by atoms with van der Waals surface area (Å²) in [5.41, 5.74) is 7.63. The first kappa shape index (κ1) is 29.9. The molecule has 0 bridgehead atoms. The molecule has 0 fully saturated rings. The van der Waals surface area contributed by atoms with Crippen LogP contribution in [0.5, 0.6) is 0 Å². The van der Waals surface area contributed by atoms with Crippen LogP contribution in [0.15, 0.2) is 230 Å². The Morgan fingerprint density at radius 2 is 0.721 bits per heavy atom. The Morgan fingerprint density at radius 3 is 1.31 bits per heavy atom. The van der Waals surface area contributed by atoms with E-state index in [0.717, 1.165) is 71.6 Å². The summed E-state index contributed by atoms with van der Waals surface area (Å²) in [5, 5.41) is 3.88. The van der Waals surface area contributed by atoms with E-state index in [2.05, 4.69) is 84.7 Å². The molecule has 0 saturated heterocycles. The summed E-state index contributed by atoms with van der Waals surface area (Å²) in [5.74, 6) is 0.669. The lowest BCUT2D eigenvalue weighted by molar-refractivity contribution is 0.953. The van der Waals surface area contributed by atoms with Gasteiger partial charge in [0, 0.05) is 55.0 Å². The molecule has 0 N–H and O–H groups in total. The van der Waals surface area contributed by atoms with Gasteiger partial charge < -0.3 is 4.57 Å². The summed E-state index contributed by atoms with van der Waals surface area (Å²) in [6.45, 7) is 0. The van der Waals surface area contributed by atoms with E-state index in [9.17, 15) is 0 Å². The van der Waals surface area contributed by atoms with Gasteiger partial charge in [-0.2, -0.15) is 9.97 Å². The molecule has 4 aromatic heterocycles. The molecular weight excluding hydrogens is 833 g/mol. The smallest absolute Gasteiger partial charge is 0.238 e. The van der Waals surface area contributed by atoms with Crippen molar-refractivity contribution in [2.45, 2.75) is 0 Å². The largest absolute Gasteiger partial charge is 0.307 e. The summed E-state index contributed by atoms with van der Waals surface area (Å²) in [7, 11) is 0. The van der Waals surface area contributed by atoms with Crippen LogP contribution in [-0.4, -0.2) is 39.0 Å². The van der Waals surface area contributed by atoms with Gasteiger partial charge in [0.2, 0.25) is 5.95 Å². The molecule has 0 aliphatic heterocycles. The third-order valence-corrected chi connectivity index (χ3v) is 12.0. The highest BCUT2D eigenvalue weighted by Crippen LogP contribution is 2.42. The van der Waals surface area contributed by atoms with Gasteiger partial charge in [0.05, 0.1) is 35.8 Å². The molecule has 0 amide bonds. The molecule has 13 aromatic rings. The van der Waals surface area contributed by atoms with Gasteiger partial charge in [-0.3, -0.25) is 4.57 Å². The van der Waals surface area contributed by atoms with Crippen LogP contribution in [0.3, 0.4) is 0 Å². The van der Waals surface area contributed by atoms with Crippen LogP contribution in [0.2, 0.25) is 0 Å². The van der Waals surface area contributed by atoms with Crippen LogP contribution < -0.4 is 0 Å². The van der Waals surface area contributed by atoms with Gasteiger partial charge in [-0.1, -0.05) is 188 Å². The highest BCUT2D eigenvalue weighted by Gasteiger charge is 2.24. The number of nitrogens with zero attached hydrogens (tertiary/aromatic N) is 8. The van der Waals surface area contributed by atoms with Crippen molar-refractivity contribution in [1.82, 2.24) is 39.0 Å². The van der Waals surface area contributed by atoms with Crippen molar-refractivity contribution in [2.75, 3.05) is 0 Å². The molecule has 318 valence electrons. The van der Waals surface area contributed by atoms with Crippen molar-refractivity contribution in [2.24, 2.45) is 0 Å². The average Bonchev–Trinajstić information content (AvgIpc) is 4.22. The van der Waals surface area contributed by atoms with E-state index in [1.165, 1.54) is 0 Å². The predicted molar refractivity (Wildman–Crippen MR) is 275 cm³/mol. The normalized spacial score (nSPS) is 13.6. The van der Waals surface area contributed by atoms with Crippen LogP contribution in [-0.2, 0) is 0 Å². The zero-order valence-corrected chi connectivity index (χ0v) is 35.7. The Bertz CT molecular complexity index is 4480. The molecule has 4 heterocycles. The van der Waals surface area contributed by atoms with Crippen LogP contribution in [0, 0.1) is 0 Å². The van der Waals surface area contributed by atoms with E-state index in [-0.39, 0.29) is 28.6 Å². The minimum atomic E-state index is -0.623. The molecule has 8 heteroatoms. The Hall–Kier alpha value is -9.40. The first-order valence-corrected chi connectivity index (χ1v) is 21.8. The Morgan fingerprint density at radius 1 is 0.294 bits per heavy atom. The fourth-order valence-corrected chi connectivity index (χ4v) is 8.97. The summed E-state index contributed by atoms with van der Waals surface area (Å²) in [4.78, 5) is 29.5. The number of rotatable bonds is 8. The fraction of sp³-hybridized carbons (Fsp3) is 0. The van der Waals surface area contributed by atoms with Gasteiger partial charge in [-0.25, -0.2) is 19.9 Å². The molecule has 0 aliphatic rings. The summed E-state index contributed by atoms with van der Waals surface area (Å²) in [6.07, 6.45) is 0. The van der Waals surface area contributed by atoms with Crippen molar-refractivity contribution in [1.29, 1.82) is 0 Å². The minimum absolute atomic E-state index is 0.0425. The second-order valence-corrected chi connectivity index (χ2v) is 16.0. The zero-order chi connectivity index (χ0) is 53.7. The molecular formula is C60H38N8. The van der Waals surface area contributed by atoms with Crippen molar-refractivity contribution >= 4 is 43.6 Å². The Labute approximate surface area is 405 Å². The standard InChI is InChI=1S/C60H38N8/c1-5-18-39(19-6-1)44-26-17-27-45(38-44)59-64-58(42-24-11-4-12-25-42)65-60(66-59)68-52-31-16-14-29-48(52)50-37-36-49-47-28-13-15-30-51(47)67(53(49)54(50)68)46-34-32-43(33-35-46)57-62-55(40-20-7-2-8-21-40)61-56(63-57)41-22-9-3-10-23-41/h1-38H/i2D,3D,7D,8D,9D,10D,20D,21D,22D,23D. The number of hydrogen-bond donors (Lipinski definition) is 0. The molecule has 0 atom stereocenters.